The van der Waals surface area contributed by atoms with E-state index in [2.05, 4.69) is 10.6 Å². The fourth-order valence-corrected chi connectivity index (χ4v) is 4.63. The molecule has 8 nitrogen and oxygen atoms in total. The van der Waals surface area contributed by atoms with Gasteiger partial charge in [-0.2, -0.15) is 0 Å². The van der Waals surface area contributed by atoms with Gasteiger partial charge in [0.1, 0.15) is 0 Å². The molecule has 2 N–H and O–H groups in total. The molecule has 0 aliphatic carbocycles. The minimum Gasteiger partial charge on any atom is -0.376 e. The van der Waals surface area contributed by atoms with Crippen LogP contribution in [0.25, 0.3) is 0 Å². The van der Waals surface area contributed by atoms with E-state index in [1.165, 1.54) is 11.3 Å². The standard InChI is InChI=1S/C23H28N4O4S/c28-21(26-9-11-27(12-10-26)23(30)20-8-4-14-32-20)16-24-19-7-2-1-6-18(19)22(29)25-15-17-5-3-13-31-17/h1-2,4,6-8,14,17,24H,3,5,9-13,15-16H2,(H,25,29)/t17-/m0/s1. The van der Waals surface area contributed by atoms with E-state index in [1.54, 1.807) is 28.0 Å². The number of ether oxygens (including phenoxy) is 1. The quantitative estimate of drug-likeness (QED) is 0.666. The Bertz CT molecular complexity index is 935. The second kappa shape index (κ2) is 10.6. The molecule has 0 spiro atoms. The third-order valence-electron chi connectivity index (χ3n) is 5.77. The molecule has 1 atom stereocenters. The van der Waals surface area contributed by atoms with Gasteiger partial charge in [0.25, 0.3) is 11.8 Å². The van der Waals surface area contributed by atoms with Crippen molar-refractivity contribution in [1.29, 1.82) is 0 Å². The molecule has 2 aliphatic heterocycles. The summed E-state index contributed by atoms with van der Waals surface area (Å²) in [5.74, 6) is -0.215. The number of hydrogen-bond donors (Lipinski definition) is 2. The lowest BCUT2D eigenvalue weighted by atomic mass is 10.1. The van der Waals surface area contributed by atoms with Gasteiger partial charge in [-0.05, 0) is 36.4 Å². The molecule has 3 amide bonds. The smallest absolute Gasteiger partial charge is 0.264 e. The maximum Gasteiger partial charge on any atom is 0.264 e. The van der Waals surface area contributed by atoms with Crippen LogP contribution < -0.4 is 10.6 Å². The maximum atomic E-state index is 12.7. The molecule has 3 heterocycles. The Morgan fingerprint density at radius 1 is 1.03 bits per heavy atom. The molecular weight excluding hydrogens is 428 g/mol. The fourth-order valence-electron chi connectivity index (χ4n) is 3.94. The highest BCUT2D eigenvalue weighted by Crippen LogP contribution is 2.17. The van der Waals surface area contributed by atoms with Crippen molar-refractivity contribution in [3.8, 4) is 0 Å². The highest BCUT2D eigenvalue weighted by atomic mass is 32.1. The lowest BCUT2D eigenvalue weighted by Gasteiger charge is -2.34. The second-order valence-corrected chi connectivity index (χ2v) is 8.84. The molecular formula is C23H28N4O4S. The third-order valence-corrected chi connectivity index (χ3v) is 6.63. The minimum atomic E-state index is -0.184. The summed E-state index contributed by atoms with van der Waals surface area (Å²) < 4.78 is 5.55. The maximum absolute atomic E-state index is 12.7. The number of nitrogens with one attached hydrogen (secondary N) is 2. The number of benzene rings is 1. The molecule has 1 aromatic carbocycles. The SMILES string of the molecule is O=C(NC[C@@H]1CCCO1)c1ccccc1NCC(=O)N1CCN(C(=O)c2cccs2)CC1. The lowest BCUT2D eigenvalue weighted by molar-refractivity contribution is -0.130. The predicted octanol–water partition coefficient (Wildman–Crippen LogP) is 2.05. The van der Waals surface area contributed by atoms with E-state index >= 15 is 0 Å². The van der Waals surface area contributed by atoms with Gasteiger partial charge >= 0.3 is 0 Å². The van der Waals surface area contributed by atoms with E-state index in [0.717, 1.165) is 24.3 Å². The Kier molecular flexibility index (Phi) is 7.39. The fraction of sp³-hybridized carbons (Fsp3) is 0.435. The monoisotopic (exact) mass is 456 g/mol. The summed E-state index contributed by atoms with van der Waals surface area (Å²) in [5, 5.41) is 7.92. The van der Waals surface area contributed by atoms with Crippen LogP contribution in [-0.4, -0.2) is 79.5 Å². The normalized spacial score (nSPS) is 18.4. The number of amides is 3. The molecule has 2 saturated heterocycles. The van der Waals surface area contributed by atoms with Gasteiger partial charge in [-0.1, -0.05) is 18.2 Å². The van der Waals surface area contributed by atoms with Crippen molar-refractivity contribution in [3.05, 3.63) is 52.2 Å². The number of hydrogen-bond acceptors (Lipinski definition) is 6. The van der Waals surface area contributed by atoms with Crippen LogP contribution in [0.4, 0.5) is 5.69 Å². The van der Waals surface area contributed by atoms with Crippen LogP contribution in [0.2, 0.25) is 0 Å². The minimum absolute atomic E-state index is 0.0215. The Balaban J connectivity index is 1.26. The highest BCUT2D eigenvalue weighted by molar-refractivity contribution is 7.12. The van der Waals surface area contributed by atoms with E-state index in [4.69, 9.17) is 4.74 Å². The first-order valence-electron chi connectivity index (χ1n) is 10.9. The van der Waals surface area contributed by atoms with Crippen LogP contribution in [0, 0.1) is 0 Å². The summed E-state index contributed by atoms with van der Waals surface area (Å²) >= 11 is 1.43. The molecule has 32 heavy (non-hydrogen) atoms. The zero-order valence-corrected chi connectivity index (χ0v) is 18.7. The van der Waals surface area contributed by atoms with Crippen molar-refractivity contribution >= 4 is 34.7 Å². The Labute approximate surface area is 191 Å². The molecule has 0 unspecified atom stereocenters. The second-order valence-electron chi connectivity index (χ2n) is 7.89. The average Bonchev–Trinajstić information content (AvgIpc) is 3.55. The van der Waals surface area contributed by atoms with Gasteiger partial charge in [0.05, 0.1) is 23.1 Å². The molecule has 2 fully saturated rings. The van der Waals surface area contributed by atoms with Crippen LogP contribution >= 0.6 is 11.3 Å². The molecule has 2 aliphatic rings. The summed E-state index contributed by atoms with van der Waals surface area (Å²) in [6.07, 6.45) is 2.06. The number of carbonyl (C=O) groups is 3. The van der Waals surface area contributed by atoms with E-state index in [-0.39, 0.29) is 30.4 Å². The van der Waals surface area contributed by atoms with Crippen molar-refractivity contribution in [2.24, 2.45) is 0 Å². The average molecular weight is 457 g/mol. The van der Waals surface area contributed by atoms with Gasteiger partial charge in [0.15, 0.2) is 0 Å². The Morgan fingerprint density at radius 3 is 2.53 bits per heavy atom. The number of piperazine rings is 1. The molecule has 0 bridgehead atoms. The predicted molar refractivity (Wildman–Crippen MR) is 123 cm³/mol. The molecule has 1 aromatic heterocycles. The molecule has 0 radical (unpaired) electrons. The zero-order chi connectivity index (χ0) is 22.3. The third kappa shape index (κ3) is 5.46. The first-order chi connectivity index (χ1) is 15.6. The molecule has 2 aromatic rings. The van der Waals surface area contributed by atoms with Crippen molar-refractivity contribution in [3.63, 3.8) is 0 Å². The van der Waals surface area contributed by atoms with Crippen molar-refractivity contribution in [1.82, 2.24) is 15.1 Å². The number of anilines is 1. The van der Waals surface area contributed by atoms with Crippen molar-refractivity contribution in [2.75, 3.05) is 51.2 Å². The van der Waals surface area contributed by atoms with E-state index in [1.807, 2.05) is 23.6 Å². The molecule has 0 saturated carbocycles. The van der Waals surface area contributed by atoms with Gasteiger partial charge in [-0.25, -0.2) is 0 Å². The molecule has 4 rings (SSSR count). The van der Waals surface area contributed by atoms with Crippen LogP contribution in [0.1, 0.15) is 32.9 Å². The summed E-state index contributed by atoms with van der Waals surface area (Å²) in [6.45, 7) is 3.37. The number of nitrogens with zero attached hydrogens (tertiary/aromatic N) is 2. The molecule has 170 valence electrons. The highest BCUT2D eigenvalue weighted by Gasteiger charge is 2.25. The largest absolute Gasteiger partial charge is 0.376 e. The van der Waals surface area contributed by atoms with Crippen LogP contribution in [0.5, 0.6) is 0 Å². The van der Waals surface area contributed by atoms with Gasteiger partial charge in [-0.15, -0.1) is 11.3 Å². The first-order valence-corrected chi connectivity index (χ1v) is 11.8. The van der Waals surface area contributed by atoms with Gasteiger partial charge < -0.3 is 25.2 Å². The zero-order valence-electron chi connectivity index (χ0n) is 17.9. The Hall–Kier alpha value is -2.91. The Morgan fingerprint density at radius 2 is 1.81 bits per heavy atom. The van der Waals surface area contributed by atoms with Gasteiger partial charge in [-0.3, -0.25) is 14.4 Å². The van der Waals surface area contributed by atoms with Crippen molar-refractivity contribution < 1.29 is 19.1 Å². The van der Waals surface area contributed by atoms with E-state index in [0.29, 0.717) is 44.0 Å². The van der Waals surface area contributed by atoms with Crippen LogP contribution in [-0.2, 0) is 9.53 Å². The number of carbonyl (C=O) groups excluding carboxylic acids is 3. The van der Waals surface area contributed by atoms with Crippen molar-refractivity contribution in [2.45, 2.75) is 18.9 Å². The topological polar surface area (TPSA) is 91.0 Å². The van der Waals surface area contributed by atoms with Crippen LogP contribution in [0.3, 0.4) is 0 Å². The number of thiophene rings is 1. The molecule has 9 heteroatoms. The first kappa shape index (κ1) is 22.3. The number of rotatable bonds is 7. The van der Waals surface area contributed by atoms with E-state index < -0.39 is 0 Å². The van der Waals surface area contributed by atoms with Crippen LogP contribution in [0.15, 0.2) is 41.8 Å². The number of para-hydroxylation sites is 1. The van der Waals surface area contributed by atoms with Gasteiger partial charge in [0, 0.05) is 45.0 Å². The lowest BCUT2D eigenvalue weighted by Crippen LogP contribution is -2.51. The summed E-state index contributed by atoms with van der Waals surface area (Å²) in [5.41, 5.74) is 1.13. The summed E-state index contributed by atoms with van der Waals surface area (Å²) in [6, 6.07) is 10.9. The summed E-state index contributed by atoms with van der Waals surface area (Å²) in [7, 11) is 0. The summed E-state index contributed by atoms with van der Waals surface area (Å²) in [4.78, 5) is 42.1. The van der Waals surface area contributed by atoms with E-state index in [9.17, 15) is 14.4 Å². The van der Waals surface area contributed by atoms with Gasteiger partial charge in [0.2, 0.25) is 5.91 Å².